The van der Waals surface area contributed by atoms with Crippen LogP contribution in [0.4, 0.5) is 0 Å². The second kappa shape index (κ2) is 6.84. The molecule has 0 atom stereocenters. The summed E-state index contributed by atoms with van der Waals surface area (Å²) in [6, 6.07) is 6.67. The fourth-order valence-electron chi connectivity index (χ4n) is 2.36. The topological polar surface area (TPSA) is 74.8 Å². The standard InChI is InChI=1S/C13H19ClN2O4S2/c1-21(17,18)15-7-2-8-16(10-9-15)22(19,20)11-12-3-5-13(14)6-4-12/h3-6H,2,7-11H2,1H3. The molecule has 2 rings (SSSR count). The molecule has 1 aliphatic heterocycles. The quantitative estimate of drug-likeness (QED) is 0.800. The van der Waals surface area contributed by atoms with E-state index in [1.54, 1.807) is 24.3 Å². The van der Waals surface area contributed by atoms with Crippen molar-refractivity contribution in [3.05, 3.63) is 34.9 Å². The Morgan fingerprint density at radius 3 is 2.09 bits per heavy atom. The zero-order chi connectivity index (χ0) is 16.4. The summed E-state index contributed by atoms with van der Waals surface area (Å²) in [5, 5.41) is 0.555. The summed E-state index contributed by atoms with van der Waals surface area (Å²) < 4.78 is 50.8. The average Bonchev–Trinajstić information content (AvgIpc) is 2.67. The Labute approximate surface area is 136 Å². The van der Waals surface area contributed by atoms with Crippen molar-refractivity contribution in [2.75, 3.05) is 32.4 Å². The Balaban J connectivity index is 2.08. The van der Waals surface area contributed by atoms with Gasteiger partial charge >= 0.3 is 0 Å². The van der Waals surface area contributed by atoms with Gasteiger partial charge in [0.25, 0.3) is 0 Å². The van der Waals surface area contributed by atoms with Crippen molar-refractivity contribution in [3.8, 4) is 0 Å². The van der Waals surface area contributed by atoms with Crippen LogP contribution in [0.2, 0.25) is 5.02 Å². The van der Waals surface area contributed by atoms with Crippen molar-refractivity contribution in [2.45, 2.75) is 12.2 Å². The molecular weight excluding hydrogens is 348 g/mol. The molecule has 22 heavy (non-hydrogen) atoms. The van der Waals surface area contributed by atoms with Crippen LogP contribution < -0.4 is 0 Å². The number of hydrogen-bond acceptors (Lipinski definition) is 4. The smallest absolute Gasteiger partial charge is 0.213 e. The molecule has 1 aromatic carbocycles. The molecule has 0 radical (unpaired) electrons. The maximum absolute atomic E-state index is 12.5. The lowest BCUT2D eigenvalue weighted by molar-refractivity contribution is 0.406. The fourth-order valence-corrected chi connectivity index (χ4v) is 4.93. The van der Waals surface area contributed by atoms with Crippen LogP contribution in [-0.2, 0) is 25.8 Å². The molecule has 0 aromatic heterocycles. The van der Waals surface area contributed by atoms with Gasteiger partial charge < -0.3 is 0 Å². The summed E-state index contributed by atoms with van der Waals surface area (Å²) in [4.78, 5) is 0. The minimum atomic E-state index is -3.47. The van der Waals surface area contributed by atoms with Crippen LogP contribution in [0.3, 0.4) is 0 Å². The van der Waals surface area contributed by atoms with Crippen molar-refractivity contribution in [3.63, 3.8) is 0 Å². The van der Waals surface area contributed by atoms with Crippen molar-refractivity contribution in [1.82, 2.24) is 8.61 Å². The molecule has 1 fully saturated rings. The first-order valence-corrected chi connectivity index (χ1v) is 10.7. The molecule has 0 amide bonds. The minimum absolute atomic E-state index is 0.108. The summed E-state index contributed by atoms with van der Waals surface area (Å²) in [6.07, 6.45) is 1.64. The molecule has 0 bridgehead atoms. The SMILES string of the molecule is CS(=O)(=O)N1CCCN(S(=O)(=O)Cc2ccc(Cl)cc2)CC1. The first-order valence-electron chi connectivity index (χ1n) is 6.86. The van der Waals surface area contributed by atoms with Gasteiger partial charge in [-0.1, -0.05) is 23.7 Å². The number of hydrogen-bond donors (Lipinski definition) is 0. The number of rotatable bonds is 4. The Bertz CT molecular complexity index is 717. The third kappa shape index (κ3) is 4.66. The Hall–Kier alpha value is -0.670. The summed E-state index contributed by atoms with van der Waals surface area (Å²) in [5.74, 6) is -0.108. The summed E-state index contributed by atoms with van der Waals surface area (Å²) in [5.41, 5.74) is 0.661. The van der Waals surface area contributed by atoms with Gasteiger partial charge in [0.2, 0.25) is 20.0 Å². The Kier molecular flexibility index (Phi) is 5.50. The molecular formula is C13H19ClN2O4S2. The van der Waals surface area contributed by atoms with E-state index in [9.17, 15) is 16.8 Å². The third-order valence-corrected chi connectivity index (χ3v) is 6.94. The molecule has 0 N–H and O–H groups in total. The van der Waals surface area contributed by atoms with Crippen LogP contribution in [-0.4, -0.2) is 57.9 Å². The van der Waals surface area contributed by atoms with E-state index in [1.165, 1.54) is 8.61 Å². The van der Waals surface area contributed by atoms with Gasteiger partial charge in [-0.2, -0.15) is 0 Å². The Morgan fingerprint density at radius 2 is 1.50 bits per heavy atom. The van der Waals surface area contributed by atoms with Crippen molar-refractivity contribution < 1.29 is 16.8 Å². The Morgan fingerprint density at radius 1 is 0.955 bits per heavy atom. The van der Waals surface area contributed by atoms with Gasteiger partial charge in [0, 0.05) is 31.2 Å². The predicted octanol–water partition coefficient (Wildman–Crippen LogP) is 1.14. The molecule has 124 valence electrons. The van der Waals surface area contributed by atoms with Crippen LogP contribution in [0, 0.1) is 0 Å². The number of halogens is 1. The molecule has 0 unspecified atom stereocenters. The first kappa shape index (κ1) is 17.7. The average molecular weight is 367 g/mol. The van der Waals surface area contributed by atoms with E-state index in [2.05, 4.69) is 0 Å². The van der Waals surface area contributed by atoms with Crippen LogP contribution in [0.15, 0.2) is 24.3 Å². The second-order valence-corrected chi connectivity index (χ2v) is 9.69. The van der Waals surface area contributed by atoms with Gasteiger partial charge in [-0.3, -0.25) is 0 Å². The predicted molar refractivity (Wildman–Crippen MR) is 86.7 cm³/mol. The van der Waals surface area contributed by atoms with Gasteiger partial charge in [0.05, 0.1) is 12.0 Å². The van der Waals surface area contributed by atoms with E-state index in [-0.39, 0.29) is 18.8 Å². The van der Waals surface area contributed by atoms with E-state index in [1.807, 2.05) is 0 Å². The zero-order valence-corrected chi connectivity index (χ0v) is 14.7. The second-order valence-electron chi connectivity index (χ2n) is 5.30. The molecule has 1 heterocycles. The van der Waals surface area contributed by atoms with Crippen LogP contribution in [0.5, 0.6) is 0 Å². The van der Waals surface area contributed by atoms with Gasteiger partial charge in [0.1, 0.15) is 0 Å². The largest absolute Gasteiger partial charge is 0.218 e. The van der Waals surface area contributed by atoms with Gasteiger partial charge in [-0.25, -0.2) is 25.4 Å². The first-order chi connectivity index (χ1) is 10.2. The van der Waals surface area contributed by atoms with E-state index in [0.29, 0.717) is 30.1 Å². The highest BCUT2D eigenvalue weighted by atomic mass is 35.5. The van der Waals surface area contributed by atoms with Gasteiger partial charge in [-0.15, -0.1) is 0 Å². The summed E-state index contributed by atoms with van der Waals surface area (Å²) in [7, 11) is -6.76. The highest BCUT2D eigenvalue weighted by molar-refractivity contribution is 7.88. The van der Waals surface area contributed by atoms with Crippen LogP contribution in [0.25, 0.3) is 0 Å². The van der Waals surface area contributed by atoms with Crippen molar-refractivity contribution >= 4 is 31.6 Å². The van der Waals surface area contributed by atoms with E-state index in [0.717, 1.165) is 6.26 Å². The molecule has 9 heteroatoms. The molecule has 1 aromatic rings. The lowest BCUT2D eigenvalue weighted by Gasteiger charge is -2.20. The fraction of sp³-hybridized carbons (Fsp3) is 0.538. The monoisotopic (exact) mass is 366 g/mol. The van der Waals surface area contributed by atoms with Gasteiger partial charge in [0.15, 0.2) is 0 Å². The summed E-state index contributed by atoms with van der Waals surface area (Å²) in [6.45, 7) is 1.06. The molecule has 1 aliphatic rings. The summed E-state index contributed by atoms with van der Waals surface area (Å²) >= 11 is 5.79. The number of benzene rings is 1. The minimum Gasteiger partial charge on any atom is -0.213 e. The lowest BCUT2D eigenvalue weighted by atomic mass is 10.2. The maximum Gasteiger partial charge on any atom is 0.218 e. The number of sulfonamides is 2. The zero-order valence-electron chi connectivity index (χ0n) is 12.3. The lowest BCUT2D eigenvalue weighted by Crippen LogP contribution is -2.37. The van der Waals surface area contributed by atoms with Crippen molar-refractivity contribution in [2.24, 2.45) is 0 Å². The molecule has 6 nitrogen and oxygen atoms in total. The van der Waals surface area contributed by atoms with Gasteiger partial charge in [-0.05, 0) is 24.1 Å². The van der Waals surface area contributed by atoms with Crippen LogP contribution >= 0.6 is 11.6 Å². The highest BCUT2D eigenvalue weighted by Crippen LogP contribution is 2.17. The molecule has 0 spiro atoms. The van der Waals surface area contributed by atoms with E-state index in [4.69, 9.17) is 11.6 Å². The highest BCUT2D eigenvalue weighted by Gasteiger charge is 2.28. The molecule has 0 saturated carbocycles. The van der Waals surface area contributed by atoms with E-state index < -0.39 is 20.0 Å². The van der Waals surface area contributed by atoms with Crippen molar-refractivity contribution in [1.29, 1.82) is 0 Å². The normalized spacial score (nSPS) is 19.0. The molecule has 0 aliphatic carbocycles. The number of nitrogens with zero attached hydrogens (tertiary/aromatic N) is 2. The van der Waals surface area contributed by atoms with Crippen LogP contribution in [0.1, 0.15) is 12.0 Å². The maximum atomic E-state index is 12.5. The van der Waals surface area contributed by atoms with E-state index >= 15 is 0 Å². The molecule has 1 saturated heterocycles. The third-order valence-electron chi connectivity index (χ3n) is 3.54.